The van der Waals surface area contributed by atoms with Gasteiger partial charge in [0.15, 0.2) is 0 Å². The monoisotopic (exact) mass is 270 g/mol. The van der Waals surface area contributed by atoms with Crippen LogP contribution in [0.25, 0.3) is 0 Å². The van der Waals surface area contributed by atoms with Gasteiger partial charge < -0.3 is 19.6 Å². The molecule has 0 spiro atoms. The summed E-state index contributed by atoms with van der Waals surface area (Å²) < 4.78 is 4.96. The number of carbonyl (C=O) groups excluding carboxylic acids is 2. The van der Waals surface area contributed by atoms with E-state index in [0.29, 0.717) is 32.8 Å². The molecule has 1 unspecified atom stereocenters. The van der Waals surface area contributed by atoms with Crippen LogP contribution in [-0.2, 0) is 14.3 Å². The van der Waals surface area contributed by atoms with Crippen LogP contribution in [0.2, 0.25) is 0 Å². The third kappa shape index (κ3) is 3.45. The molecule has 0 aromatic carbocycles. The lowest BCUT2D eigenvalue weighted by molar-refractivity contribution is -0.138. The number of methoxy groups -OCH3 is 1. The van der Waals surface area contributed by atoms with Gasteiger partial charge in [-0.1, -0.05) is 0 Å². The molecule has 0 aromatic heterocycles. The Morgan fingerprint density at radius 1 is 1.47 bits per heavy atom. The number of piperidine rings is 1. The number of carbonyl (C=O) groups is 2. The van der Waals surface area contributed by atoms with Crippen molar-refractivity contribution in [3.05, 3.63) is 0 Å². The minimum Gasteiger partial charge on any atom is -0.391 e. The quantitative estimate of drug-likeness (QED) is 0.745. The van der Waals surface area contributed by atoms with Gasteiger partial charge in [0.2, 0.25) is 11.8 Å². The fourth-order valence-electron chi connectivity index (χ4n) is 2.77. The van der Waals surface area contributed by atoms with Crippen LogP contribution >= 0.6 is 0 Å². The summed E-state index contributed by atoms with van der Waals surface area (Å²) in [5.41, 5.74) is 0. The maximum atomic E-state index is 12.3. The highest BCUT2D eigenvalue weighted by Gasteiger charge is 2.37. The second kappa shape index (κ2) is 6.34. The summed E-state index contributed by atoms with van der Waals surface area (Å²) in [4.78, 5) is 27.5. The van der Waals surface area contributed by atoms with Gasteiger partial charge in [-0.15, -0.1) is 0 Å². The fourth-order valence-corrected chi connectivity index (χ4v) is 2.77. The van der Waals surface area contributed by atoms with Gasteiger partial charge in [-0.2, -0.15) is 0 Å². The number of rotatable bonds is 4. The molecule has 2 fully saturated rings. The molecule has 0 saturated carbocycles. The van der Waals surface area contributed by atoms with E-state index in [1.165, 1.54) is 0 Å². The van der Waals surface area contributed by atoms with Crippen molar-refractivity contribution in [2.75, 3.05) is 39.9 Å². The molecular formula is C13H22N2O4. The number of β-amino-alcohol motifs (C(OH)–C–C–N with tert-alkyl or cyclic N) is 1. The first-order valence-corrected chi connectivity index (χ1v) is 6.85. The van der Waals surface area contributed by atoms with E-state index < -0.39 is 6.10 Å². The van der Waals surface area contributed by atoms with Crippen molar-refractivity contribution in [3.8, 4) is 0 Å². The van der Waals surface area contributed by atoms with Crippen LogP contribution in [0.4, 0.5) is 0 Å². The third-order valence-corrected chi connectivity index (χ3v) is 3.84. The lowest BCUT2D eigenvalue weighted by Gasteiger charge is -2.31. The molecule has 0 aromatic rings. The van der Waals surface area contributed by atoms with Gasteiger partial charge in [-0.3, -0.25) is 9.59 Å². The van der Waals surface area contributed by atoms with Crippen molar-refractivity contribution < 1.29 is 19.4 Å². The summed E-state index contributed by atoms with van der Waals surface area (Å²) in [6.45, 7) is 2.62. The summed E-state index contributed by atoms with van der Waals surface area (Å²) in [6, 6.07) is 0. The number of hydrogen-bond acceptors (Lipinski definition) is 4. The van der Waals surface area contributed by atoms with Crippen molar-refractivity contribution in [2.24, 2.45) is 5.92 Å². The van der Waals surface area contributed by atoms with Gasteiger partial charge in [-0.05, 0) is 12.8 Å². The predicted octanol–water partition coefficient (Wildman–Crippen LogP) is -0.535. The van der Waals surface area contributed by atoms with Crippen LogP contribution < -0.4 is 0 Å². The lowest BCUT2D eigenvalue weighted by Crippen LogP contribution is -2.45. The topological polar surface area (TPSA) is 70.1 Å². The maximum Gasteiger partial charge on any atom is 0.228 e. The number of amides is 2. The number of hydrogen-bond donors (Lipinski definition) is 1. The molecule has 0 radical (unpaired) electrons. The van der Waals surface area contributed by atoms with E-state index in [-0.39, 0.29) is 24.2 Å². The van der Waals surface area contributed by atoms with E-state index in [2.05, 4.69) is 0 Å². The van der Waals surface area contributed by atoms with Crippen LogP contribution in [0, 0.1) is 5.92 Å². The van der Waals surface area contributed by atoms with E-state index in [4.69, 9.17) is 4.74 Å². The molecule has 2 aliphatic heterocycles. The van der Waals surface area contributed by atoms with Crippen LogP contribution in [-0.4, -0.2) is 72.7 Å². The van der Waals surface area contributed by atoms with E-state index in [1.807, 2.05) is 0 Å². The van der Waals surface area contributed by atoms with Gasteiger partial charge in [0.1, 0.15) is 0 Å². The molecule has 0 bridgehead atoms. The Kier molecular flexibility index (Phi) is 4.76. The normalized spacial score (nSPS) is 28.0. The van der Waals surface area contributed by atoms with Gasteiger partial charge in [-0.25, -0.2) is 0 Å². The first-order valence-electron chi connectivity index (χ1n) is 6.85. The van der Waals surface area contributed by atoms with Crippen LogP contribution in [0.1, 0.15) is 19.3 Å². The minimum absolute atomic E-state index is 0.00650. The van der Waals surface area contributed by atoms with E-state index >= 15 is 0 Å². The van der Waals surface area contributed by atoms with Gasteiger partial charge >= 0.3 is 0 Å². The van der Waals surface area contributed by atoms with Crippen molar-refractivity contribution in [1.29, 1.82) is 0 Å². The Morgan fingerprint density at radius 2 is 2.26 bits per heavy atom. The van der Waals surface area contributed by atoms with Crippen molar-refractivity contribution in [1.82, 2.24) is 9.80 Å². The largest absolute Gasteiger partial charge is 0.391 e. The molecule has 1 N–H and O–H groups in total. The molecule has 108 valence electrons. The van der Waals surface area contributed by atoms with Crippen LogP contribution in [0.5, 0.6) is 0 Å². The fraction of sp³-hybridized carbons (Fsp3) is 0.846. The molecule has 19 heavy (non-hydrogen) atoms. The molecule has 0 aliphatic carbocycles. The highest BCUT2D eigenvalue weighted by molar-refractivity contribution is 5.89. The molecule has 6 nitrogen and oxygen atoms in total. The van der Waals surface area contributed by atoms with Gasteiger partial charge in [0.25, 0.3) is 0 Å². The number of aliphatic hydroxyl groups excluding tert-OH is 1. The van der Waals surface area contributed by atoms with Crippen molar-refractivity contribution in [3.63, 3.8) is 0 Å². The Morgan fingerprint density at radius 3 is 2.95 bits per heavy atom. The Balaban J connectivity index is 1.88. The standard InChI is InChI=1S/C13H22N2O4/c1-19-6-5-14-8-10(7-12(14)17)13(18)15-4-2-3-11(16)9-15/h10-11,16H,2-9H2,1H3/t10?,11-/m0/s1. The van der Waals surface area contributed by atoms with Crippen molar-refractivity contribution >= 4 is 11.8 Å². The summed E-state index contributed by atoms with van der Waals surface area (Å²) in [6.07, 6.45) is 1.46. The summed E-state index contributed by atoms with van der Waals surface area (Å²) in [7, 11) is 1.60. The number of nitrogens with zero attached hydrogens (tertiary/aromatic N) is 2. The number of aliphatic hydroxyl groups is 1. The minimum atomic E-state index is -0.417. The molecule has 6 heteroatoms. The zero-order chi connectivity index (χ0) is 13.8. The molecule has 2 saturated heterocycles. The molecule has 2 atom stereocenters. The van der Waals surface area contributed by atoms with Gasteiger partial charge in [0, 0.05) is 39.7 Å². The molecule has 2 rings (SSSR count). The molecule has 2 aliphatic rings. The smallest absolute Gasteiger partial charge is 0.228 e. The first-order chi connectivity index (χ1) is 9.11. The SMILES string of the molecule is COCCN1CC(C(=O)N2CCC[C@H](O)C2)CC1=O. The molecular weight excluding hydrogens is 248 g/mol. The highest BCUT2D eigenvalue weighted by Crippen LogP contribution is 2.22. The second-order valence-electron chi connectivity index (χ2n) is 5.31. The third-order valence-electron chi connectivity index (χ3n) is 3.84. The Bertz CT molecular complexity index is 348. The van der Waals surface area contributed by atoms with E-state index in [9.17, 15) is 14.7 Å². The average Bonchev–Trinajstić information content (AvgIpc) is 2.77. The van der Waals surface area contributed by atoms with Crippen LogP contribution in [0.15, 0.2) is 0 Å². The van der Waals surface area contributed by atoms with Gasteiger partial charge in [0.05, 0.1) is 18.6 Å². The number of likely N-dealkylation sites (tertiary alicyclic amines) is 2. The molecule has 2 amide bonds. The Labute approximate surface area is 113 Å². The van der Waals surface area contributed by atoms with E-state index in [0.717, 1.165) is 12.8 Å². The predicted molar refractivity (Wildman–Crippen MR) is 68.4 cm³/mol. The first kappa shape index (κ1) is 14.3. The second-order valence-corrected chi connectivity index (χ2v) is 5.31. The highest BCUT2D eigenvalue weighted by atomic mass is 16.5. The van der Waals surface area contributed by atoms with Crippen LogP contribution in [0.3, 0.4) is 0 Å². The van der Waals surface area contributed by atoms with E-state index in [1.54, 1.807) is 16.9 Å². The van der Waals surface area contributed by atoms with Crippen molar-refractivity contribution in [2.45, 2.75) is 25.4 Å². The average molecular weight is 270 g/mol. The summed E-state index contributed by atoms with van der Waals surface area (Å²) >= 11 is 0. The molecule has 2 heterocycles. The number of ether oxygens (including phenoxy) is 1. The summed E-state index contributed by atoms with van der Waals surface area (Å²) in [5, 5.41) is 9.60. The Hall–Kier alpha value is -1.14. The lowest BCUT2D eigenvalue weighted by atomic mass is 10.0. The zero-order valence-electron chi connectivity index (χ0n) is 11.4. The maximum absolute atomic E-state index is 12.3. The zero-order valence-corrected chi connectivity index (χ0v) is 11.4. The summed E-state index contributed by atoms with van der Waals surface area (Å²) in [5.74, 6) is -0.227.